The van der Waals surface area contributed by atoms with Crippen molar-refractivity contribution in [2.24, 2.45) is 5.92 Å². The molecule has 2 heterocycles. The highest BCUT2D eigenvalue weighted by Gasteiger charge is 2.24. The molecule has 4 nitrogen and oxygen atoms in total. The second-order valence-electron chi connectivity index (χ2n) is 6.55. The van der Waals surface area contributed by atoms with Gasteiger partial charge in [-0.05, 0) is 56.5 Å². The van der Waals surface area contributed by atoms with Crippen molar-refractivity contribution in [3.63, 3.8) is 0 Å². The fourth-order valence-corrected chi connectivity index (χ4v) is 4.12. The van der Waals surface area contributed by atoms with E-state index in [1.54, 1.807) is 18.3 Å². The van der Waals surface area contributed by atoms with Crippen LogP contribution in [0, 0.1) is 11.7 Å². The summed E-state index contributed by atoms with van der Waals surface area (Å²) in [5, 5.41) is 4.08. The van der Waals surface area contributed by atoms with Crippen LogP contribution in [0.1, 0.15) is 39.5 Å². The number of rotatable bonds is 6. The molecule has 1 aliphatic rings. The van der Waals surface area contributed by atoms with E-state index in [9.17, 15) is 9.18 Å². The fourth-order valence-electron chi connectivity index (χ4n) is 3.20. The predicted molar refractivity (Wildman–Crippen MR) is 113 cm³/mol. The Morgan fingerprint density at radius 1 is 1.26 bits per heavy atom. The van der Waals surface area contributed by atoms with Gasteiger partial charge in [0.1, 0.15) is 10.7 Å². The Labute approximate surface area is 176 Å². The SMILES string of the molecule is CNCCC1CCN(C(=O)c2cnc(Cc3ccc(F)cc3)s2)CC1.Cl.Cl. The molecule has 0 aliphatic carbocycles. The molecule has 0 spiro atoms. The van der Waals surface area contributed by atoms with Crippen LogP contribution in [0.2, 0.25) is 0 Å². The largest absolute Gasteiger partial charge is 0.338 e. The van der Waals surface area contributed by atoms with Crippen molar-refractivity contribution in [1.29, 1.82) is 0 Å². The first-order chi connectivity index (χ1) is 12.2. The third kappa shape index (κ3) is 6.71. The smallest absolute Gasteiger partial charge is 0.265 e. The quantitative estimate of drug-likeness (QED) is 0.742. The highest BCUT2D eigenvalue weighted by Crippen LogP contribution is 2.24. The fraction of sp³-hybridized carbons (Fsp3) is 0.474. The number of benzene rings is 1. The van der Waals surface area contributed by atoms with Crippen molar-refractivity contribution in [1.82, 2.24) is 15.2 Å². The number of hydrogen-bond donors (Lipinski definition) is 1. The van der Waals surface area contributed by atoms with Gasteiger partial charge in [-0.15, -0.1) is 36.2 Å². The summed E-state index contributed by atoms with van der Waals surface area (Å²) in [6.07, 6.45) is 5.65. The zero-order valence-corrected chi connectivity index (χ0v) is 17.8. The number of hydrogen-bond acceptors (Lipinski definition) is 4. The summed E-state index contributed by atoms with van der Waals surface area (Å²) in [5.41, 5.74) is 1.00. The maximum absolute atomic E-state index is 13.0. The van der Waals surface area contributed by atoms with E-state index in [1.165, 1.54) is 29.9 Å². The van der Waals surface area contributed by atoms with Crippen LogP contribution >= 0.6 is 36.2 Å². The predicted octanol–water partition coefficient (Wildman–Crippen LogP) is 4.18. The Hall–Kier alpha value is -1.21. The Balaban J connectivity index is 0.00000182. The number of aromatic nitrogens is 1. The Bertz CT molecular complexity index is 703. The lowest BCUT2D eigenvalue weighted by Crippen LogP contribution is -2.38. The second kappa shape index (κ2) is 11.6. The van der Waals surface area contributed by atoms with Crippen LogP contribution in [0.4, 0.5) is 4.39 Å². The molecule has 27 heavy (non-hydrogen) atoms. The molecule has 0 atom stereocenters. The highest BCUT2D eigenvalue weighted by atomic mass is 35.5. The lowest BCUT2D eigenvalue weighted by Gasteiger charge is -2.31. The number of thiazole rings is 1. The molecule has 2 aromatic rings. The topological polar surface area (TPSA) is 45.2 Å². The Morgan fingerprint density at radius 2 is 1.93 bits per heavy atom. The van der Waals surface area contributed by atoms with Crippen molar-refractivity contribution >= 4 is 42.1 Å². The van der Waals surface area contributed by atoms with E-state index in [0.717, 1.165) is 43.0 Å². The molecule has 150 valence electrons. The molecule has 0 radical (unpaired) electrons. The van der Waals surface area contributed by atoms with Gasteiger partial charge in [-0.2, -0.15) is 0 Å². The Morgan fingerprint density at radius 3 is 2.56 bits per heavy atom. The van der Waals surface area contributed by atoms with Gasteiger partial charge in [0.25, 0.3) is 5.91 Å². The molecule has 1 aromatic carbocycles. The Kier molecular flexibility index (Phi) is 10.2. The van der Waals surface area contributed by atoms with Crippen LogP contribution in [0.3, 0.4) is 0 Å². The van der Waals surface area contributed by atoms with E-state index < -0.39 is 0 Å². The molecule has 1 amide bonds. The normalized spacial score (nSPS) is 14.4. The van der Waals surface area contributed by atoms with Crippen LogP contribution in [-0.4, -0.2) is 42.5 Å². The molecule has 0 saturated carbocycles. The molecule has 1 N–H and O–H groups in total. The van der Waals surface area contributed by atoms with Gasteiger partial charge in [-0.3, -0.25) is 4.79 Å². The number of nitrogens with zero attached hydrogens (tertiary/aromatic N) is 2. The van der Waals surface area contributed by atoms with Crippen molar-refractivity contribution in [2.45, 2.75) is 25.7 Å². The number of carbonyl (C=O) groups is 1. The van der Waals surface area contributed by atoms with Gasteiger partial charge in [0.2, 0.25) is 0 Å². The van der Waals surface area contributed by atoms with Crippen LogP contribution < -0.4 is 5.32 Å². The summed E-state index contributed by atoms with van der Waals surface area (Å²) in [4.78, 5) is 19.7. The minimum Gasteiger partial charge on any atom is -0.338 e. The number of halogens is 3. The molecule has 1 aliphatic heterocycles. The van der Waals surface area contributed by atoms with E-state index in [4.69, 9.17) is 0 Å². The summed E-state index contributed by atoms with van der Waals surface area (Å²) in [5.74, 6) is 0.568. The number of carbonyl (C=O) groups excluding carboxylic acids is 1. The zero-order valence-electron chi connectivity index (χ0n) is 15.3. The molecular formula is C19H26Cl2FN3OS. The number of nitrogens with one attached hydrogen (secondary N) is 1. The zero-order chi connectivity index (χ0) is 17.6. The molecule has 0 bridgehead atoms. The molecule has 8 heteroatoms. The second-order valence-corrected chi connectivity index (χ2v) is 7.66. The summed E-state index contributed by atoms with van der Waals surface area (Å²) in [6, 6.07) is 6.42. The summed E-state index contributed by atoms with van der Waals surface area (Å²) >= 11 is 1.44. The van der Waals surface area contributed by atoms with Gasteiger partial charge >= 0.3 is 0 Å². The van der Waals surface area contributed by atoms with Gasteiger partial charge in [-0.1, -0.05) is 12.1 Å². The van der Waals surface area contributed by atoms with Crippen molar-refractivity contribution in [2.75, 3.05) is 26.7 Å². The minimum atomic E-state index is -0.239. The minimum absolute atomic E-state index is 0. The van der Waals surface area contributed by atoms with E-state index in [2.05, 4.69) is 10.3 Å². The van der Waals surface area contributed by atoms with Crippen molar-refractivity contribution in [3.8, 4) is 0 Å². The standard InChI is InChI=1S/C19H24FN3OS.2ClH/c1-21-9-6-14-7-10-23(11-8-14)19(24)17-13-22-18(25-17)12-15-2-4-16(20)5-3-15;;/h2-5,13-14,21H,6-12H2,1H3;2*1H. The van der Waals surface area contributed by atoms with E-state index in [0.29, 0.717) is 17.2 Å². The third-order valence-electron chi connectivity index (χ3n) is 4.74. The van der Waals surface area contributed by atoms with Gasteiger partial charge in [0.05, 0.1) is 11.2 Å². The highest BCUT2D eigenvalue weighted by molar-refractivity contribution is 7.13. The summed E-state index contributed by atoms with van der Waals surface area (Å²) in [6.45, 7) is 2.71. The summed E-state index contributed by atoms with van der Waals surface area (Å²) in [7, 11) is 1.98. The van der Waals surface area contributed by atoms with Gasteiger partial charge in [-0.25, -0.2) is 9.37 Å². The first kappa shape index (κ1) is 23.8. The van der Waals surface area contributed by atoms with Crippen molar-refractivity contribution in [3.05, 3.63) is 51.7 Å². The van der Waals surface area contributed by atoms with Gasteiger partial charge in [0, 0.05) is 19.5 Å². The lowest BCUT2D eigenvalue weighted by atomic mass is 9.93. The van der Waals surface area contributed by atoms with Crippen LogP contribution in [-0.2, 0) is 6.42 Å². The van der Waals surface area contributed by atoms with E-state index >= 15 is 0 Å². The molecule has 0 unspecified atom stereocenters. The molecule has 3 rings (SSSR count). The van der Waals surface area contributed by atoms with E-state index in [-0.39, 0.29) is 36.5 Å². The number of piperidine rings is 1. The van der Waals surface area contributed by atoms with Crippen molar-refractivity contribution < 1.29 is 9.18 Å². The molecular weight excluding hydrogens is 408 g/mol. The molecule has 1 saturated heterocycles. The molecule has 1 aromatic heterocycles. The van der Waals surface area contributed by atoms with E-state index in [1.807, 2.05) is 11.9 Å². The maximum Gasteiger partial charge on any atom is 0.265 e. The van der Waals surface area contributed by atoms with Gasteiger partial charge < -0.3 is 10.2 Å². The summed E-state index contributed by atoms with van der Waals surface area (Å²) < 4.78 is 13.0. The number of likely N-dealkylation sites (tertiary alicyclic amines) is 1. The van der Waals surface area contributed by atoms with Gasteiger partial charge in [0.15, 0.2) is 0 Å². The third-order valence-corrected chi connectivity index (χ3v) is 5.72. The number of amides is 1. The average Bonchev–Trinajstić information content (AvgIpc) is 3.10. The maximum atomic E-state index is 13.0. The first-order valence-corrected chi connectivity index (χ1v) is 9.60. The monoisotopic (exact) mass is 433 g/mol. The lowest BCUT2D eigenvalue weighted by molar-refractivity contribution is 0.0692. The first-order valence-electron chi connectivity index (χ1n) is 8.78. The van der Waals surface area contributed by atoms with Crippen LogP contribution in [0.25, 0.3) is 0 Å². The van der Waals surface area contributed by atoms with Crippen LogP contribution in [0.5, 0.6) is 0 Å². The molecule has 1 fully saturated rings. The average molecular weight is 434 g/mol. The van der Waals surface area contributed by atoms with Crippen LogP contribution in [0.15, 0.2) is 30.5 Å².